The lowest BCUT2D eigenvalue weighted by molar-refractivity contribution is 0.323. The van der Waals surface area contributed by atoms with Crippen LogP contribution >= 0.6 is 11.8 Å². The van der Waals surface area contributed by atoms with Gasteiger partial charge in [-0.3, -0.25) is 0 Å². The van der Waals surface area contributed by atoms with E-state index < -0.39 is 0 Å². The molecule has 0 unspecified atom stereocenters. The molecule has 1 aliphatic rings. The van der Waals surface area contributed by atoms with Gasteiger partial charge in [0.05, 0.1) is 6.67 Å². The number of hydrogen-bond acceptors (Lipinski definition) is 2. The van der Waals surface area contributed by atoms with Crippen molar-refractivity contribution in [3.05, 3.63) is 0 Å². The van der Waals surface area contributed by atoms with Crippen molar-refractivity contribution < 1.29 is 0 Å². The minimum absolute atomic E-state index is 0.140. The molecule has 0 aliphatic carbocycles. The second-order valence-corrected chi connectivity index (χ2v) is 3.17. The Balaban J connectivity index is 2.54. The van der Waals surface area contributed by atoms with Gasteiger partial charge in [-0.1, -0.05) is 0 Å². The Morgan fingerprint density at radius 2 is 2.25 bits per heavy atom. The molecule has 0 aromatic heterocycles. The van der Waals surface area contributed by atoms with Crippen LogP contribution in [0.2, 0.25) is 0 Å². The van der Waals surface area contributed by atoms with Crippen LogP contribution in [0.1, 0.15) is 13.8 Å². The van der Waals surface area contributed by atoms with Gasteiger partial charge in [0.2, 0.25) is 0 Å². The fraction of sp³-hybridized carbons (Fsp3) is 1.00. The zero-order valence-electron chi connectivity index (χ0n) is 5.24. The van der Waals surface area contributed by atoms with E-state index in [1.807, 2.05) is 0 Å². The molecule has 0 atom stereocenters. The van der Waals surface area contributed by atoms with Crippen LogP contribution in [0.15, 0.2) is 0 Å². The van der Waals surface area contributed by atoms with Crippen molar-refractivity contribution in [2.24, 2.45) is 0 Å². The molecule has 8 heavy (non-hydrogen) atoms. The summed E-state index contributed by atoms with van der Waals surface area (Å²) in [6, 6.07) is 0. The second kappa shape index (κ2) is 1.87. The van der Waals surface area contributed by atoms with Gasteiger partial charge in [-0.15, -0.1) is 0 Å². The van der Waals surface area contributed by atoms with Crippen LogP contribution in [0.4, 0.5) is 0 Å². The number of nitrogens with zero attached hydrogens (tertiary/aromatic N) is 1. The summed E-state index contributed by atoms with van der Waals surface area (Å²) < 4.78 is 1.78. The van der Waals surface area contributed by atoms with Crippen molar-refractivity contribution >= 4 is 11.8 Å². The summed E-state index contributed by atoms with van der Waals surface area (Å²) >= 11 is 5.77. The number of halogens is 1. The quantitative estimate of drug-likeness (QED) is 0.493. The highest BCUT2D eigenvalue weighted by molar-refractivity contribution is 6.13. The Kier molecular flexibility index (Phi) is 1.48. The molecule has 1 fully saturated rings. The number of hydrogen-bond donors (Lipinski definition) is 1. The van der Waals surface area contributed by atoms with Crippen molar-refractivity contribution in [3.63, 3.8) is 0 Å². The number of nitrogens with one attached hydrogen (secondary N) is 1. The Morgan fingerprint density at radius 1 is 1.62 bits per heavy atom. The largest absolute Gasteiger partial charge is 0.301 e. The Bertz CT molecular complexity index is 92.4. The molecule has 1 saturated heterocycles. The highest BCUT2D eigenvalue weighted by Crippen LogP contribution is 2.18. The van der Waals surface area contributed by atoms with Crippen molar-refractivity contribution in [1.82, 2.24) is 9.74 Å². The molecule has 48 valence electrons. The van der Waals surface area contributed by atoms with E-state index in [-0.39, 0.29) is 5.54 Å². The van der Waals surface area contributed by atoms with E-state index in [9.17, 15) is 0 Å². The van der Waals surface area contributed by atoms with Gasteiger partial charge >= 0.3 is 0 Å². The third-order valence-electron chi connectivity index (χ3n) is 1.47. The molecule has 0 amide bonds. The maximum absolute atomic E-state index is 5.77. The van der Waals surface area contributed by atoms with Crippen molar-refractivity contribution in [2.75, 3.05) is 13.2 Å². The minimum atomic E-state index is 0.140. The smallest absolute Gasteiger partial charge is 0.0636 e. The molecular weight excluding hydrogens is 124 g/mol. The third kappa shape index (κ3) is 0.966. The first-order valence-electron chi connectivity index (χ1n) is 2.77. The molecule has 1 N–H and O–H groups in total. The maximum Gasteiger partial charge on any atom is 0.0636 e. The Labute approximate surface area is 54.9 Å². The molecule has 1 heterocycles. The molecule has 0 radical (unpaired) electrons. The van der Waals surface area contributed by atoms with E-state index >= 15 is 0 Å². The van der Waals surface area contributed by atoms with Crippen molar-refractivity contribution in [3.8, 4) is 0 Å². The lowest BCUT2D eigenvalue weighted by atomic mass is 10.1. The van der Waals surface area contributed by atoms with Gasteiger partial charge in [-0.05, 0) is 25.6 Å². The summed E-state index contributed by atoms with van der Waals surface area (Å²) in [6.45, 7) is 6.01. The zero-order chi connectivity index (χ0) is 6.20. The first-order valence-corrected chi connectivity index (χ1v) is 3.11. The summed E-state index contributed by atoms with van der Waals surface area (Å²) in [5, 5.41) is 3.16. The van der Waals surface area contributed by atoms with Gasteiger partial charge in [0, 0.05) is 12.1 Å². The molecule has 0 aromatic rings. The monoisotopic (exact) mass is 134 g/mol. The SMILES string of the molecule is CC1(C)CNCN1Cl. The van der Waals surface area contributed by atoms with Crippen LogP contribution in [0.25, 0.3) is 0 Å². The second-order valence-electron chi connectivity index (χ2n) is 2.76. The molecule has 1 rings (SSSR count). The fourth-order valence-electron chi connectivity index (χ4n) is 0.760. The lowest BCUT2D eigenvalue weighted by Gasteiger charge is -2.22. The van der Waals surface area contributed by atoms with Gasteiger partial charge in [0.25, 0.3) is 0 Å². The van der Waals surface area contributed by atoms with Gasteiger partial charge in [-0.2, -0.15) is 4.42 Å². The van der Waals surface area contributed by atoms with Crippen LogP contribution in [0, 0.1) is 0 Å². The van der Waals surface area contributed by atoms with E-state index in [2.05, 4.69) is 19.2 Å². The molecule has 0 spiro atoms. The van der Waals surface area contributed by atoms with E-state index in [0.29, 0.717) is 0 Å². The van der Waals surface area contributed by atoms with E-state index in [1.54, 1.807) is 4.42 Å². The molecule has 0 bridgehead atoms. The first kappa shape index (κ1) is 6.33. The summed E-state index contributed by atoms with van der Waals surface area (Å²) in [6.07, 6.45) is 0. The summed E-state index contributed by atoms with van der Waals surface area (Å²) in [5.74, 6) is 0. The highest BCUT2D eigenvalue weighted by Gasteiger charge is 2.29. The van der Waals surface area contributed by atoms with Crippen LogP contribution in [0.5, 0.6) is 0 Å². The highest BCUT2D eigenvalue weighted by atomic mass is 35.5. The topological polar surface area (TPSA) is 15.3 Å². The van der Waals surface area contributed by atoms with E-state index in [1.165, 1.54) is 0 Å². The predicted octanol–water partition coefficient (Wildman–Crippen LogP) is 0.782. The summed E-state index contributed by atoms with van der Waals surface area (Å²) in [4.78, 5) is 0. The van der Waals surface area contributed by atoms with Crippen molar-refractivity contribution in [1.29, 1.82) is 0 Å². The molecular formula is C5H11ClN2. The van der Waals surface area contributed by atoms with Gasteiger partial charge in [-0.25, -0.2) is 0 Å². The van der Waals surface area contributed by atoms with Gasteiger partial charge in [0.1, 0.15) is 0 Å². The molecule has 3 heteroatoms. The molecule has 0 saturated carbocycles. The van der Waals surface area contributed by atoms with Crippen LogP contribution in [0.3, 0.4) is 0 Å². The lowest BCUT2D eigenvalue weighted by Crippen LogP contribution is -2.33. The van der Waals surface area contributed by atoms with Crippen molar-refractivity contribution in [2.45, 2.75) is 19.4 Å². The minimum Gasteiger partial charge on any atom is -0.301 e. The Hall–Kier alpha value is 0.210. The van der Waals surface area contributed by atoms with Crippen LogP contribution in [-0.2, 0) is 0 Å². The van der Waals surface area contributed by atoms with E-state index in [4.69, 9.17) is 11.8 Å². The Morgan fingerprint density at radius 3 is 2.38 bits per heavy atom. The van der Waals surface area contributed by atoms with Crippen LogP contribution in [-0.4, -0.2) is 23.2 Å². The van der Waals surface area contributed by atoms with E-state index in [0.717, 1.165) is 13.2 Å². The molecule has 0 aromatic carbocycles. The number of rotatable bonds is 0. The molecule has 1 aliphatic heterocycles. The molecule has 2 nitrogen and oxygen atoms in total. The normalized spacial score (nSPS) is 28.9. The third-order valence-corrected chi connectivity index (χ3v) is 2.04. The average molecular weight is 135 g/mol. The zero-order valence-corrected chi connectivity index (χ0v) is 6.00. The summed E-state index contributed by atoms with van der Waals surface area (Å²) in [7, 11) is 0. The predicted molar refractivity (Wildman–Crippen MR) is 34.6 cm³/mol. The average Bonchev–Trinajstić information content (AvgIpc) is 1.86. The summed E-state index contributed by atoms with van der Waals surface area (Å²) in [5.41, 5.74) is 0.140. The first-order chi connectivity index (χ1) is 3.63. The van der Waals surface area contributed by atoms with Crippen LogP contribution < -0.4 is 5.32 Å². The fourth-order valence-corrected chi connectivity index (χ4v) is 0.904. The van der Waals surface area contributed by atoms with Gasteiger partial charge < -0.3 is 5.32 Å². The standard InChI is InChI=1S/C5H11ClN2/c1-5(2)3-7-4-8(5)6/h7H,3-4H2,1-2H3. The van der Waals surface area contributed by atoms with Gasteiger partial charge in [0.15, 0.2) is 0 Å². The maximum atomic E-state index is 5.77.